The molecule has 0 bridgehead atoms. The van der Waals surface area contributed by atoms with Gasteiger partial charge in [-0.2, -0.15) is 0 Å². The number of benzene rings is 2. The van der Waals surface area contributed by atoms with E-state index in [4.69, 9.17) is 16.3 Å². The van der Waals surface area contributed by atoms with E-state index in [2.05, 4.69) is 25.5 Å². The molecular weight excluding hydrogens is 402 g/mol. The van der Waals surface area contributed by atoms with Crippen LogP contribution in [0.1, 0.15) is 12.8 Å². The van der Waals surface area contributed by atoms with Crippen LogP contribution in [0.3, 0.4) is 0 Å². The lowest BCUT2D eigenvalue weighted by atomic mass is 10.1. The van der Waals surface area contributed by atoms with Gasteiger partial charge in [-0.25, -0.2) is 9.78 Å². The molecule has 0 radical (unpaired) electrons. The first-order valence-electron chi connectivity index (χ1n) is 9.72. The maximum absolute atomic E-state index is 12.5. The fraction of sp³-hybridized carbons (Fsp3) is 0.227. The smallest absolute Gasteiger partial charge is 0.323 e. The summed E-state index contributed by atoms with van der Waals surface area (Å²) in [5.74, 6) is 1.40. The van der Waals surface area contributed by atoms with Crippen LogP contribution in [0.4, 0.5) is 22.0 Å². The van der Waals surface area contributed by atoms with Crippen LogP contribution in [0, 0.1) is 0 Å². The molecule has 2 heterocycles. The van der Waals surface area contributed by atoms with E-state index in [9.17, 15) is 4.79 Å². The van der Waals surface area contributed by atoms with Gasteiger partial charge in [-0.05, 0) is 43.2 Å². The van der Waals surface area contributed by atoms with Crippen molar-refractivity contribution in [3.05, 3.63) is 59.9 Å². The molecule has 1 aromatic heterocycles. The predicted octanol–water partition coefficient (Wildman–Crippen LogP) is 5.05. The molecule has 1 aliphatic heterocycles. The van der Waals surface area contributed by atoms with Crippen LogP contribution in [-0.2, 0) is 0 Å². The molecule has 1 saturated heterocycles. The molecule has 2 aromatic carbocycles. The zero-order valence-corrected chi connectivity index (χ0v) is 17.3. The SMILES string of the molecule is COc1ccc(Cl)cc1NC(=O)Nc1cccc(-c2nccnc2N2CCCC2)c1. The Morgan fingerprint density at radius 3 is 2.67 bits per heavy atom. The van der Waals surface area contributed by atoms with Crippen LogP contribution < -0.4 is 20.3 Å². The molecule has 1 aliphatic rings. The summed E-state index contributed by atoms with van der Waals surface area (Å²) in [6, 6.07) is 12.2. The second kappa shape index (κ2) is 9.00. The van der Waals surface area contributed by atoms with Crippen molar-refractivity contribution >= 4 is 34.8 Å². The van der Waals surface area contributed by atoms with Crippen LogP contribution in [0.2, 0.25) is 5.02 Å². The van der Waals surface area contributed by atoms with Crippen molar-refractivity contribution in [1.82, 2.24) is 9.97 Å². The van der Waals surface area contributed by atoms with Crippen LogP contribution in [-0.4, -0.2) is 36.2 Å². The van der Waals surface area contributed by atoms with Crippen molar-refractivity contribution in [3.8, 4) is 17.0 Å². The van der Waals surface area contributed by atoms with E-state index in [1.165, 1.54) is 7.11 Å². The van der Waals surface area contributed by atoms with E-state index in [-0.39, 0.29) is 0 Å². The number of aromatic nitrogens is 2. The molecule has 154 valence electrons. The van der Waals surface area contributed by atoms with Gasteiger partial charge in [-0.3, -0.25) is 4.98 Å². The van der Waals surface area contributed by atoms with Gasteiger partial charge in [-0.15, -0.1) is 0 Å². The Morgan fingerprint density at radius 1 is 1.07 bits per heavy atom. The van der Waals surface area contributed by atoms with E-state index < -0.39 is 6.03 Å². The molecule has 2 N–H and O–H groups in total. The van der Waals surface area contributed by atoms with Crippen molar-refractivity contribution < 1.29 is 9.53 Å². The second-order valence-electron chi connectivity index (χ2n) is 6.93. The normalized spacial score (nSPS) is 13.2. The lowest BCUT2D eigenvalue weighted by molar-refractivity contribution is 0.262. The number of carbonyl (C=O) groups excluding carboxylic acids is 1. The fourth-order valence-electron chi connectivity index (χ4n) is 3.50. The van der Waals surface area contributed by atoms with Gasteiger partial charge in [0.2, 0.25) is 0 Å². The quantitative estimate of drug-likeness (QED) is 0.600. The van der Waals surface area contributed by atoms with Crippen LogP contribution in [0.15, 0.2) is 54.9 Å². The molecule has 2 amide bonds. The fourth-order valence-corrected chi connectivity index (χ4v) is 3.67. The first kappa shape index (κ1) is 20.0. The number of hydrogen-bond acceptors (Lipinski definition) is 5. The molecule has 0 unspecified atom stereocenters. The minimum Gasteiger partial charge on any atom is -0.495 e. The Balaban J connectivity index is 1.54. The highest BCUT2D eigenvalue weighted by atomic mass is 35.5. The number of urea groups is 1. The number of carbonyl (C=O) groups is 1. The summed E-state index contributed by atoms with van der Waals surface area (Å²) in [6.07, 6.45) is 5.72. The summed E-state index contributed by atoms with van der Waals surface area (Å²) in [6.45, 7) is 1.96. The molecular formula is C22H22ClN5O2. The monoisotopic (exact) mass is 423 g/mol. The van der Waals surface area contributed by atoms with Gasteiger partial charge in [0.15, 0.2) is 5.82 Å². The van der Waals surface area contributed by atoms with Crippen molar-refractivity contribution in [1.29, 1.82) is 0 Å². The number of rotatable bonds is 5. The number of amides is 2. The molecule has 0 aliphatic carbocycles. The summed E-state index contributed by atoms with van der Waals surface area (Å²) in [7, 11) is 1.54. The first-order chi connectivity index (χ1) is 14.6. The molecule has 7 nitrogen and oxygen atoms in total. The van der Waals surface area contributed by atoms with Gasteiger partial charge >= 0.3 is 6.03 Å². The topological polar surface area (TPSA) is 79.4 Å². The Bertz CT molecular complexity index is 1050. The number of methoxy groups -OCH3 is 1. The maximum atomic E-state index is 12.5. The van der Waals surface area contributed by atoms with Crippen molar-refractivity contribution in [2.24, 2.45) is 0 Å². The molecule has 0 saturated carbocycles. The highest BCUT2D eigenvalue weighted by Gasteiger charge is 2.19. The maximum Gasteiger partial charge on any atom is 0.323 e. The Morgan fingerprint density at radius 2 is 1.87 bits per heavy atom. The standard InChI is InChI=1S/C22H22ClN5O2/c1-30-19-8-7-16(23)14-18(19)27-22(29)26-17-6-4-5-15(13-17)20-21(25-10-9-24-20)28-11-2-3-12-28/h4-10,13-14H,2-3,11-12H2,1H3,(H2,26,27,29). The van der Waals surface area contributed by atoms with Gasteiger partial charge in [0.1, 0.15) is 11.4 Å². The van der Waals surface area contributed by atoms with Gasteiger partial charge in [0.25, 0.3) is 0 Å². The highest BCUT2D eigenvalue weighted by Crippen LogP contribution is 2.31. The van der Waals surface area contributed by atoms with Crippen LogP contribution in [0.5, 0.6) is 5.75 Å². The lowest BCUT2D eigenvalue weighted by Gasteiger charge is -2.19. The lowest BCUT2D eigenvalue weighted by Crippen LogP contribution is -2.20. The Labute approximate surface area is 180 Å². The molecule has 4 rings (SSSR count). The van der Waals surface area contributed by atoms with E-state index in [0.29, 0.717) is 22.1 Å². The molecule has 30 heavy (non-hydrogen) atoms. The van der Waals surface area contributed by atoms with Crippen LogP contribution >= 0.6 is 11.6 Å². The molecule has 0 atom stereocenters. The van der Waals surface area contributed by atoms with Gasteiger partial charge in [-0.1, -0.05) is 23.7 Å². The van der Waals surface area contributed by atoms with Gasteiger partial charge in [0.05, 0.1) is 12.8 Å². The zero-order valence-electron chi connectivity index (χ0n) is 16.6. The summed E-state index contributed by atoms with van der Waals surface area (Å²) >= 11 is 6.03. The largest absolute Gasteiger partial charge is 0.495 e. The van der Waals surface area contributed by atoms with Gasteiger partial charge in [0, 0.05) is 41.8 Å². The summed E-state index contributed by atoms with van der Waals surface area (Å²) < 4.78 is 5.27. The number of halogens is 1. The molecule has 1 fully saturated rings. The van der Waals surface area contributed by atoms with Gasteiger partial charge < -0.3 is 20.3 Å². The van der Waals surface area contributed by atoms with Crippen molar-refractivity contribution in [2.45, 2.75) is 12.8 Å². The second-order valence-corrected chi connectivity index (χ2v) is 7.36. The van der Waals surface area contributed by atoms with E-state index in [1.807, 2.05) is 24.3 Å². The molecule has 3 aromatic rings. The number of ether oxygens (including phenoxy) is 1. The van der Waals surface area contributed by atoms with E-state index in [1.54, 1.807) is 30.6 Å². The first-order valence-corrected chi connectivity index (χ1v) is 10.1. The number of hydrogen-bond donors (Lipinski definition) is 2. The Hall–Kier alpha value is -3.32. The number of nitrogens with zero attached hydrogens (tertiary/aromatic N) is 3. The highest BCUT2D eigenvalue weighted by molar-refractivity contribution is 6.31. The predicted molar refractivity (Wildman–Crippen MR) is 120 cm³/mol. The molecule has 0 spiro atoms. The van der Waals surface area contributed by atoms with Crippen molar-refractivity contribution in [3.63, 3.8) is 0 Å². The number of nitrogens with one attached hydrogen (secondary N) is 2. The minimum atomic E-state index is -0.397. The summed E-state index contributed by atoms with van der Waals surface area (Å²) in [5, 5.41) is 6.13. The minimum absolute atomic E-state index is 0.397. The van der Waals surface area contributed by atoms with E-state index in [0.717, 1.165) is 43.0 Å². The Kier molecular flexibility index (Phi) is 5.99. The third-order valence-corrected chi connectivity index (χ3v) is 5.12. The third kappa shape index (κ3) is 4.46. The average Bonchev–Trinajstić information content (AvgIpc) is 3.29. The number of anilines is 3. The molecule has 8 heteroatoms. The third-order valence-electron chi connectivity index (χ3n) is 4.89. The van der Waals surface area contributed by atoms with Crippen LogP contribution in [0.25, 0.3) is 11.3 Å². The van der Waals surface area contributed by atoms with E-state index >= 15 is 0 Å². The van der Waals surface area contributed by atoms with Crippen molar-refractivity contribution in [2.75, 3.05) is 35.7 Å². The average molecular weight is 424 g/mol. The summed E-state index contributed by atoms with van der Waals surface area (Å²) in [5.41, 5.74) is 2.83. The zero-order chi connectivity index (χ0) is 20.9. The summed E-state index contributed by atoms with van der Waals surface area (Å²) in [4.78, 5) is 23.9.